The van der Waals surface area contributed by atoms with Crippen LogP contribution in [0.2, 0.25) is 0 Å². The first-order valence-electron chi connectivity index (χ1n) is 5.79. The molecule has 1 unspecified atom stereocenters. The van der Waals surface area contributed by atoms with Gasteiger partial charge in [-0.2, -0.15) is 0 Å². The summed E-state index contributed by atoms with van der Waals surface area (Å²) in [5.41, 5.74) is -0.0517. The van der Waals surface area contributed by atoms with E-state index in [9.17, 15) is 13.6 Å². The van der Waals surface area contributed by atoms with Gasteiger partial charge in [0.15, 0.2) is 17.4 Å². The van der Waals surface area contributed by atoms with Crippen LogP contribution in [0.3, 0.4) is 0 Å². The highest BCUT2D eigenvalue weighted by Crippen LogP contribution is 2.19. The molecule has 1 atom stereocenters. The van der Waals surface area contributed by atoms with E-state index >= 15 is 0 Å². The van der Waals surface area contributed by atoms with Gasteiger partial charge in [0.25, 0.3) is 0 Å². The van der Waals surface area contributed by atoms with Gasteiger partial charge in [-0.25, -0.2) is 8.78 Å². The van der Waals surface area contributed by atoms with Crippen molar-refractivity contribution in [3.05, 3.63) is 34.9 Å². The summed E-state index contributed by atoms with van der Waals surface area (Å²) in [4.78, 5) is 14.0. The molecule has 1 saturated heterocycles. The van der Waals surface area contributed by atoms with Crippen LogP contribution in [-0.4, -0.2) is 43.5 Å². The van der Waals surface area contributed by atoms with Crippen LogP contribution < -0.4 is 0 Å². The quantitative estimate of drug-likeness (QED) is 0.754. The molecule has 0 radical (unpaired) electrons. The maximum Gasteiger partial charge on any atom is 0.195 e. The Morgan fingerprint density at radius 1 is 1.39 bits per heavy atom. The number of carbonyl (C=O) groups is 1. The Balaban J connectivity index is 2.26. The first-order chi connectivity index (χ1) is 8.50. The number of likely N-dealkylation sites (N-methyl/N-ethyl adjacent to an activating group) is 1. The lowest BCUT2D eigenvalue weighted by Gasteiger charge is -2.29. The van der Waals surface area contributed by atoms with E-state index in [4.69, 9.17) is 4.74 Å². The Kier molecular flexibility index (Phi) is 3.73. The topological polar surface area (TPSA) is 29.5 Å². The normalized spacial score (nSPS) is 21.0. The Morgan fingerprint density at radius 2 is 2.11 bits per heavy atom. The molecule has 0 bridgehead atoms. The van der Waals surface area contributed by atoms with E-state index in [1.807, 2.05) is 11.9 Å². The van der Waals surface area contributed by atoms with Crippen LogP contribution in [0.5, 0.6) is 0 Å². The second-order valence-corrected chi connectivity index (χ2v) is 4.54. The molecule has 0 aliphatic carbocycles. The summed E-state index contributed by atoms with van der Waals surface area (Å²) in [7, 11) is 1.86. The highest BCUT2D eigenvalue weighted by molar-refractivity contribution is 6.00. The molecule has 98 valence electrons. The van der Waals surface area contributed by atoms with Gasteiger partial charge in [-0.15, -0.1) is 0 Å². The van der Waals surface area contributed by atoms with Crippen LogP contribution in [0.25, 0.3) is 0 Å². The van der Waals surface area contributed by atoms with Crippen molar-refractivity contribution in [2.24, 2.45) is 0 Å². The number of halogens is 2. The summed E-state index contributed by atoms with van der Waals surface area (Å²) in [5.74, 6) is -2.56. The first kappa shape index (κ1) is 13.1. The van der Waals surface area contributed by atoms with Gasteiger partial charge < -0.3 is 9.64 Å². The van der Waals surface area contributed by atoms with Gasteiger partial charge in [-0.1, -0.05) is 6.07 Å². The highest BCUT2D eigenvalue weighted by atomic mass is 19.2. The van der Waals surface area contributed by atoms with E-state index in [0.717, 1.165) is 6.54 Å². The van der Waals surface area contributed by atoms with E-state index in [-0.39, 0.29) is 11.1 Å². The van der Waals surface area contributed by atoms with E-state index in [0.29, 0.717) is 13.2 Å². The molecule has 1 aromatic carbocycles. The first-order valence-corrected chi connectivity index (χ1v) is 5.79. The van der Waals surface area contributed by atoms with Gasteiger partial charge in [0.05, 0.1) is 12.2 Å². The van der Waals surface area contributed by atoms with E-state index < -0.39 is 23.5 Å². The number of morpholine rings is 1. The monoisotopic (exact) mass is 255 g/mol. The summed E-state index contributed by atoms with van der Waals surface area (Å²) in [6.45, 7) is 3.00. The minimum Gasteiger partial charge on any atom is -0.367 e. The molecule has 0 aromatic heterocycles. The molecule has 0 N–H and O–H groups in total. The predicted octanol–water partition coefficient (Wildman–Crippen LogP) is 1.79. The smallest absolute Gasteiger partial charge is 0.195 e. The predicted molar refractivity (Wildman–Crippen MR) is 62.7 cm³/mol. The third-order valence-electron chi connectivity index (χ3n) is 3.10. The van der Waals surface area contributed by atoms with Crippen molar-refractivity contribution < 1.29 is 18.3 Å². The standard InChI is InChI=1S/C13H15F2NO2/c1-8-3-4-9(12(15)11(8)14)13(17)10-7-16(2)5-6-18-10/h3-4,10H,5-7H2,1-2H3. The lowest BCUT2D eigenvalue weighted by atomic mass is 10.0. The molecule has 1 heterocycles. The van der Waals surface area contributed by atoms with Crippen LogP contribution in [0.4, 0.5) is 8.78 Å². The zero-order valence-electron chi connectivity index (χ0n) is 10.4. The fourth-order valence-electron chi connectivity index (χ4n) is 1.95. The number of aryl methyl sites for hydroxylation is 1. The van der Waals surface area contributed by atoms with Gasteiger partial charge >= 0.3 is 0 Å². The number of carbonyl (C=O) groups excluding carboxylic acids is 1. The fourth-order valence-corrected chi connectivity index (χ4v) is 1.95. The van der Waals surface area contributed by atoms with Gasteiger partial charge in [-0.3, -0.25) is 4.79 Å². The molecule has 0 saturated carbocycles. The Morgan fingerprint density at radius 3 is 2.78 bits per heavy atom. The van der Waals surface area contributed by atoms with Crippen LogP contribution in [0.15, 0.2) is 12.1 Å². The number of benzene rings is 1. The Hall–Kier alpha value is -1.33. The SMILES string of the molecule is Cc1ccc(C(=O)C2CN(C)CCO2)c(F)c1F. The number of hydrogen-bond acceptors (Lipinski definition) is 3. The minimum atomic E-state index is -1.09. The highest BCUT2D eigenvalue weighted by Gasteiger charge is 2.28. The minimum absolute atomic E-state index is 0.186. The molecular weight excluding hydrogens is 240 g/mol. The number of Topliss-reactive ketones (excluding diaryl/α,β-unsaturated/α-hetero) is 1. The number of rotatable bonds is 2. The Bertz CT molecular complexity index is 476. The molecule has 2 rings (SSSR count). The lowest BCUT2D eigenvalue weighted by Crippen LogP contribution is -2.44. The number of ether oxygens (including phenoxy) is 1. The van der Waals surface area contributed by atoms with Crippen LogP contribution >= 0.6 is 0 Å². The third kappa shape index (κ3) is 2.42. The van der Waals surface area contributed by atoms with Crippen LogP contribution in [0, 0.1) is 18.6 Å². The third-order valence-corrected chi connectivity index (χ3v) is 3.10. The van der Waals surface area contributed by atoms with Gasteiger partial charge in [0.2, 0.25) is 0 Å². The van der Waals surface area contributed by atoms with Crippen LogP contribution in [0.1, 0.15) is 15.9 Å². The Labute approximate surface area is 104 Å². The second-order valence-electron chi connectivity index (χ2n) is 4.54. The number of hydrogen-bond donors (Lipinski definition) is 0. The zero-order chi connectivity index (χ0) is 13.3. The lowest BCUT2D eigenvalue weighted by molar-refractivity contribution is -0.00886. The average molecular weight is 255 g/mol. The van der Waals surface area contributed by atoms with Crippen molar-refractivity contribution in [2.75, 3.05) is 26.7 Å². The van der Waals surface area contributed by atoms with Crippen molar-refractivity contribution >= 4 is 5.78 Å². The fraction of sp³-hybridized carbons (Fsp3) is 0.462. The molecule has 0 spiro atoms. The van der Waals surface area contributed by atoms with Gasteiger partial charge in [0, 0.05) is 13.1 Å². The molecule has 0 amide bonds. The molecule has 1 aliphatic heterocycles. The molecule has 1 aromatic rings. The zero-order valence-corrected chi connectivity index (χ0v) is 10.4. The van der Waals surface area contributed by atoms with Crippen molar-refractivity contribution in [3.8, 4) is 0 Å². The van der Waals surface area contributed by atoms with Crippen molar-refractivity contribution in [3.63, 3.8) is 0 Å². The van der Waals surface area contributed by atoms with Crippen molar-refractivity contribution in [2.45, 2.75) is 13.0 Å². The van der Waals surface area contributed by atoms with Crippen molar-refractivity contribution in [1.29, 1.82) is 0 Å². The average Bonchev–Trinajstić information content (AvgIpc) is 2.35. The maximum absolute atomic E-state index is 13.7. The van der Waals surface area contributed by atoms with E-state index in [1.54, 1.807) is 0 Å². The van der Waals surface area contributed by atoms with Gasteiger partial charge in [-0.05, 0) is 25.6 Å². The molecule has 5 heteroatoms. The molecule has 1 aliphatic rings. The second kappa shape index (κ2) is 5.12. The van der Waals surface area contributed by atoms with Crippen molar-refractivity contribution in [1.82, 2.24) is 4.90 Å². The largest absolute Gasteiger partial charge is 0.367 e. The summed E-state index contributed by atoms with van der Waals surface area (Å²) >= 11 is 0. The van der Waals surface area contributed by atoms with E-state index in [2.05, 4.69) is 0 Å². The van der Waals surface area contributed by atoms with Crippen LogP contribution in [-0.2, 0) is 4.74 Å². The molecule has 18 heavy (non-hydrogen) atoms. The number of nitrogens with zero attached hydrogens (tertiary/aromatic N) is 1. The molecular formula is C13H15F2NO2. The molecule has 3 nitrogen and oxygen atoms in total. The van der Waals surface area contributed by atoms with E-state index in [1.165, 1.54) is 19.1 Å². The van der Waals surface area contributed by atoms with Gasteiger partial charge in [0.1, 0.15) is 6.10 Å². The summed E-state index contributed by atoms with van der Waals surface area (Å²) in [5, 5.41) is 0. The maximum atomic E-state index is 13.7. The summed E-state index contributed by atoms with van der Waals surface area (Å²) < 4.78 is 32.4. The number of ketones is 1. The summed E-state index contributed by atoms with van der Waals surface area (Å²) in [6, 6.07) is 2.71. The summed E-state index contributed by atoms with van der Waals surface area (Å²) in [6.07, 6.45) is -0.722. The molecule has 1 fully saturated rings.